The normalized spacial score (nSPS) is 23.0. The summed E-state index contributed by atoms with van der Waals surface area (Å²) in [5, 5.41) is 0. The van der Waals surface area contributed by atoms with Gasteiger partial charge in [0.15, 0.2) is 0 Å². The zero-order valence-electron chi connectivity index (χ0n) is 7.73. The van der Waals surface area contributed by atoms with Gasteiger partial charge in [0.2, 0.25) is 0 Å². The number of rotatable bonds is 3. The second-order valence-corrected chi connectivity index (χ2v) is 4.20. The Labute approximate surface area is 70.7 Å². The van der Waals surface area contributed by atoms with Gasteiger partial charge in [-0.15, -0.1) is 6.58 Å². The molecular formula is C11H20. The van der Waals surface area contributed by atoms with Crippen LogP contribution in [-0.4, -0.2) is 0 Å². The molecular weight excluding hydrogens is 132 g/mol. The van der Waals surface area contributed by atoms with Gasteiger partial charge in [-0.25, -0.2) is 0 Å². The minimum absolute atomic E-state index is 0.659. The van der Waals surface area contributed by atoms with Crippen LogP contribution < -0.4 is 0 Å². The van der Waals surface area contributed by atoms with Crippen molar-refractivity contribution in [1.29, 1.82) is 0 Å². The minimum atomic E-state index is 0.659. The Morgan fingerprint density at radius 3 is 2.45 bits per heavy atom. The van der Waals surface area contributed by atoms with Crippen LogP contribution in [0.4, 0.5) is 0 Å². The summed E-state index contributed by atoms with van der Waals surface area (Å²) in [6, 6.07) is 0. The van der Waals surface area contributed by atoms with Crippen LogP contribution in [0.1, 0.15) is 51.9 Å². The van der Waals surface area contributed by atoms with Crippen LogP contribution in [0.3, 0.4) is 0 Å². The summed E-state index contributed by atoms with van der Waals surface area (Å²) >= 11 is 0. The van der Waals surface area contributed by atoms with Crippen molar-refractivity contribution in [3.8, 4) is 0 Å². The van der Waals surface area contributed by atoms with Crippen LogP contribution in [0.25, 0.3) is 0 Å². The third-order valence-corrected chi connectivity index (χ3v) is 3.01. The van der Waals surface area contributed by atoms with Crippen LogP contribution in [0, 0.1) is 5.41 Å². The molecule has 0 atom stereocenters. The second kappa shape index (κ2) is 3.94. The van der Waals surface area contributed by atoms with E-state index >= 15 is 0 Å². The van der Waals surface area contributed by atoms with E-state index in [-0.39, 0.29) is 0 Å². The molecule has 1 saturated carbocycles. The molecule has 1 fully saturated rings. The molecule has 0 aromatic heterocycles. The lowest BCUT2D eigenvalue weighted by Gasteiger charge is -2.33. The van der Waals surface area contributed by atoms with E-state index < -0.39 is 0 Å². The smallest absolute Gasteiger partial charge is 0.0323 e. The standard InChI is InChI=1S/C11H20/c1-3-4-8-11(2)9-6-5-7-10-11/h3H,1,4-10H2,2H3. The molecule has 0 aromatic rings. The molecule has 11 heavy (non-hydrogen) atoms. The molecule has 0 heteroatoms. The van der Waals surface area contributed by atoms with Crippen molar-refractivity contribution >= 4 is 0 Å². The molecule has 64 valence electrons. The largest absolute Gasteiger partial charge is 0.103 e. The molecule has 0 amide bonds. The summed E-state index contributed by atoms with van der Waals surface area (Å²) in [4.78, 5) is 0. The first kappa shape index (κ1) is 8.83. The quantitative estimate of drug-likeness (QED) is 0.538. The van der Waals surface area contributed by atoms with Crippen LogP contribution >= 0.6 is 0 Å². The zero-order chi connectivity index (χ0) is 8.16. The van der Waals surface area contributed by atoms with E-state index in [4.69, 9.17) is 0 Å². The molecule has 1 aliphatic rings. The van der Waals surface area contributed by atoms with Gasteiger partial charge >= 0.3 is 0 Å². The highest BCUT2D eigenvalue weighted by molar-refractivity contribution is 4.81. The molecule has 1 rings (SSSR count). The van der Waals surface area contributed by atoms with Gasteiger partial charge in [0.05, 0.1) is 0 Å². The zero-order valence-corrected chi connectivity index (χ0v) is 7.73. The summed E-state index contributed by atoms with van der Waals surface area (Å²) in [5.41, 5.74) is 0.659. The van der Waals surface area contributed by atoms with Crippen molar-refractivity contribution in [2.45, 2.75) is 51.9 Å². The Morgan fingerprint density at radius 2 is 1.91 bits per heavy atom. The van der Waals surface area contributed by atoms with Crippen LogP contribution in [-0.2, 0) is 0 Å². The lowest BCUT2D eigenvalue weighted by molar-refractivity contribution is 0.201. The van der Waals surface area contributed by atoms with Crippen molar-refractivity contribution in [3.05, 3.63) is 12.7 Å². The molecule has 0 aromatic carbocycles. The molecule has 0 spiro atoms. The first-order valence-corrected chi connectivity index (χ1v) is 4.88. The van der Waals surface area contributed by atoms with Gasteiger partial charge in [-0.3, -0.25) is 0 Å². The predicted octanol–water partition coefficient (Wildman–Crippen LogP) is 3.92. The predicted molar refractivity (Wildman–Crippen MR) is 50.6 cm³/mol. The Balaban J connectivity index is 2.30. The number of hydrogen-bond donors (Lipinski definition) is 0. The van der Waals surface area contributed by atoms with Gasteiger partial charge in [-0.1, -0.05) is 32.3 Å². The van der Waals surface area contributed by atoms with Crippen LogP contribution in [0.15, 0.2) is 12.7 Å². The van der Waals surface area contributed by atoms with Gasteiger partial charge in [0.1, 0.15) is 0 Å². The minimum Gasteiger partial charge on any atom is -0.103 e. The third kappa shape index (κ3) is 2.69. The first-order valence-electron chi connectivity index (χ1n) is 4.88. The summed E-state index contributed by atoms with van der Waals surface area (Å²) < 4.78 is 0. The summed E-state index contributed by atoms with van der Waals surface area (Å²) in [6.07, 6.45) is 11.9. The van der Waals surface area contributed by atoms with E-state index in [9.17, 15) is 0 Å². The highest BCUT2D eigenvalue weighted by Gasteiger charge is 2.25. The van der Waals surface area contributed by atoms with E-state index in [0.717, 1.165) is 0 Å². The maximum atomic E-state index is 3.78. The van der Waals surface area contributed by atoms with Crippen molar-refractivity contribution in [2.24, 2.45) is 5.41 Å². The van der Waals surface area contributed by atoms with Crippen molar-refractivity contribution in [3.63, 3.8) is 0 Å². The van der Waals surface area contributed by atoms with Crippen LogP contribution in [0.2, 0.25) is 0 Å². The maximum absolute atomic E-state index is 3.78. The molecule has 0 radical (unpaired) electrons. The maximum Gasteiger partial charge on any atom is -0.0323 e. The first-order chi connectivity index (χ1) is 5.27. The fraction of sp³-hybridized carbons (Fsp3) is 0.818. The van der Waals surface area contributed by atoms with E-state index in [1.807, 2.05) is 0 Å². The second-order valence-electron chi connectivity index (χ2n) is 4.20. The van der Waals surface area contributed by atoms with Crippen molar-refractivity contribution in [1.82, 2.24) is 0 Å². The highest BCUT2D eigenvalue weighted by Crippen LogP contribution is 2.39. The fourth-order valence-electron chi connectivity index (χ4n) is 2.11. The average Bonchev–Trinajstić information content (AvgIpc) is 2.03. The van der Waals surface area contributed by atoms with E-state index in [2.05, 4.69) is 19.6 Å². The Morgan fingerprint density at radius 1 is 1.27 bits per heavy atom. The lowest BCUT2D eigenvalue weighted by atomic mass is 9.73. The average molecular weight is 152 g/mol. The molecule has 0 heterocycles. The molecule has 0 N–H and O–H groups in total. The molecule has 0 aliphatic heterocycles. The lowest BCUT2D eigenvalue weighted by Crippen LogP contribution is -2.19. The fourth-order valence-corrected chi connectivity index (χ4v) is 2.11. The molecule has 0 unspecified atom stereocenters. The van der Waals surface area contributed by atoms with Gasteiger partial charge < -0.3 is 0 Å². The van der Waals surface area contributed by atoms with E-state index in [0.29, 0.717) is 5.41 Å². The molecule has 0 bridgehead atoms. The number of hydrogen-bond acceptors (Lipinski definition) is 0. The van der Waals surface area contributed by atoms with Crippen molar-refractivity contribution < 1.29 is 0 Å². The molecule has 0 saturated heterocycles. The van der Waals surface area contributed by atoms with Crippen molar-refractivity contribution in [2.75, 3.05) is 0 Å². The topological polar surface area (TPSA) is 0 Å². The van der Waals surface area contributed by atoms with Gasteiger partial charge in [-0.05, 0) is 31.1 Å². The summed E-state index contributed by atoms with van der Waals surface area (Å²) in [7, 11) is 0. The van der Waals surface area contributed by atoms with E-state index in [1.54, 1.807) is 0 Å². The highest BCUT2D eigenvalue weighted by atomic mass is 14.3. The third-order valence-electron chi connectivity index (χ3n) is 3.01. The Bertz CT molecular complexity index is 118. The Hall–Kier alpha value is -0.260. The number of allylic oxidation sites excluding steroid dienone is 1. The molecule has 0 nitrogen and oxygen atoms in total. The summed E-state index contributed by atoms with van der Waals surface area (Å²) in [5.74, 6) is 0. The van der Waals surface area contributed by atoms with Gasteiger partial charge in [0, 0.05) is 0 Å². The van der Waals surface area contributed by atoms with E-state index in [1.165, 1.54) is 44.9 Å². The van der Waals surface area contributed by atoms with Crippen LogP contribution in [0.5, 0.6) is 0 Å². The summed E-state index contributed by atoms with van der Waals surface area (Å²) in [6.45, 7) is 6.22. The Kier molecular flexibility index (Phi) is 3.16. The monoisotopic (exact) mass is 152 g/mol. The van der Waals surface area contributed by atoms with Gasteiger partial charge in [0.25, 0.3) is 0 Å². The SMILES string of the molecule is C=CCCC1(C)CCCCC1. The van der Waals surface area contributed by atoms with Gasteiger partial charge in [-0.2, -0.15) is 0 Å². The molecule has 1 aliphatic carbocycles.